The number of hydrogen-bond donors (Lipinski definition) is 1. The van der Waals surface area contributed by atoms with Gasteiger partial charge in [0.15, 0.2) is 0 Å². The van der Waals surface area contributed by atoms with E-state index in [0.29, 0.717) is 6.42 Å². The number of nitrogens with two attached hydrogens (primary N) is 1. The van der Waals surface area contributed by atoms with Crippen LogP contribution in [0.15, 0.2) is 30.3 Å². The maximum Gasteiger partial charge on any atom is 0.217 e. The van der Waals surface area contributed by atoms with Crippen molar-refractivity contribution in [2.75, 3.05) is 0 Å². The summed E-state index contributed by atoms with van der Waals surface area (Å²) in [6, 6.07) is 10.2. The minimum atomic E-state index is -0.228. The van der Waals surface area contributed by atoms with Crippen molar-refractivity contribution < 1.29 is 4.79 Å². The highest BCUT2D eigenvalue weighted by molar-refractivity contribution is 5.73. The molecule has 0 saturated carbocycles. The zero-order valence-electron chi connectivity index (χ0n) is 8.79. The van der Waals surface area contributed by atoms with E-state index in [4.69, 9.17) is 5.73 Å². The molecule has 1 amide bonds. The number of carbonyl (C=O) groups excluding carboxylic acids is 1. The van der Waals surface area contributed by atoms with Gasteiger partial charge >= 0.3 is 0 Å². The average molecular weight is 191 g/mol. The molecule has 0 aliphatic heterocycles. The first kappa shape index (κ1) is 10.8. The zero-order valence-corrected chi connectivity index (χ0v) is 8.79. The summed E-state index contributed by atoms with van der Waals surface area (Å²) in [5.74, 6) is -0.228. The molecule has 14 heavy (non-hydrogen) atoms. The molecule has 0 aliphatic carbocycles. The molecule has 76 valence electrons. The van der Waals surface area contributed by atoms with E-state index in [1.807, 2.05) is 18.2 Å². The van der Waals surface area contributed by atoms with Crippen LogP contribution >= 0.6 is 0 Å². The molecule has 0 fully saturated rings. The van der Waals surface area contributed by atoms with Gasteiger partial charge in [0, 0.05) is 6.42 Å². The molecule has 1 aromatic carbocycles. The number of primary amides is 1. The molecule has 0 atom stereocenters. The van der Waals surface area contributed by atoms with Gasteiger partial charge in [-0.05, 0) is 17.4 Å². The number of benzene rings is 1. The molecule has 0 unspecified atom stereocenters. The van der Waals surface area contributed by atoms with E-state index < -0.39 is 0 Å². The van der Waals surface area contributed by atoms with Crippen molar-refractivity contribution in [2.45, 2.75) is 32.1 Å². The van der Waals surface area contributed by atoms with E-state index in [1.165, 1.54) is 5.56 Å². The largest absolute Gasteiger partial charge is 0.370 e. The van der Waals surface area contributed by atoms with Crippen molar-refractivity contribution in [3.8, 4) is 0 Å². The van der Waals surface area contributed by atoms with E-state index in [1.54, 1.807) is 0 Å². The van der Waals surface area contributed by atoms with Gasteiger partial charge in [-0.1, -0.05) is 44.2 Å². The zero-order chi connectivity index (χ0) is 10.6. The van der Waals surface area contributed by atoms with E-state index >= 15 is 0 Å². The van der Waals surface area contributed by atoms with Gasteiger partial charge in [0.1, 0.15) is 0 Å². The summed E-state index contributed by atoms with van der Waals surface area (Å²) in [5, 5.41) is 0. The predicted molar refractivity (Wildman–Crippen MR) is 57.9 cm³/mol. The van der Waals surface area contributed by atoms with Crippen LogP contribution < -0.4 is 5.73 Å². The summed E-state index contributed by atoms with van der Waals surface area (Å²) in [6.45, 7) is 4.26. The van der Waals surface area contributed by atoms with Gasteiger partial charge in [-0.25, -0.2) is 0 Å². The average Bonchev–Trinajstić information content (AvgIpc) is 2.16. The van der Waals surface area contributed by atoms with Crippen molar-refractivity contribution in [3.63, 3.8) is 0 Å². The van der Waals surface area contributed by atoms with Crippen LogP contribution in [0.2, 0.25) is 0 Å². The normalized spacial score (nSPS) is 11.3. The Morgan fingerprint density at radius 3 is 2.36 bits per heavy atom. The van der Waals surface area contributed by atoms with Crippen LogP contribution in [-0.2, 0) is 10.2 Å². The van der Waals surface area contributed by atoms with Gasteiger partial charge in [-0.15, -0.1) is 0 Å². The number of rotatable bonds is 4. The Kier molecular flexibility index (Phi) is 3.28. The predicted octanol–water partition coefficient (Wildman–Crippen LogP) is 2.23. The van der Waals surface area contributed by atoms with Crippen LogP contribution in [0.3, 0.4) is 0 Å². The Hall–Kier alpha value is -1.31. The molecule has 2 N–H and O–H groups in total. The lowest BCUT2D eigenvalue weighted by Gasteiger charge is -2.24. The summed E-state index contributed by atoms with van der Waals surface area (Å²) in [6.07, 6.45) is 1.24. The molecule has 0 saturated heterocycles. The Morgan fingerprint density at radius 1 is 1.29 bits per heavy atom. The molecular formula is C12H17NO. The van der Waals surface area contributed by atoms with Crippen molar-refractivity contribution in [1.29, 1.82) is 0 Å². The Balaban J connectivity index is 2.70. The van der Waals surface area contributed by atoms with Gasteiger partial charge in [0.2, 0.25) is 5.91 Å². The molecule has 0 heterocycles. The fraction of sp³-hybridized carbons (Fsp3) is 0.417. The summed E-state index contributed by atoms with van der Waals surface area (Å²) in [7, 11) is 0. The van der Waals surface area contributed by atoms with E-state index in [2.05, 4.69) is 26.0 Å². The first-order valence-corrected chi connectivity index (χ1v) is 4.86. The Morgan fingerprint density at radius 2 is 1.86 bits per heavy atom. The van der Waals surface area contributed by atoms with Gasteiger partial charge in [0.05, 0.1) is 0 Å². The molecule has 0 spiro atoms. The third-order valence-electron chi connectivity index (χ3n) is 2.55. The topological polar surface area (TPSA) is 43.1 Å². The fourth-order valence-electron chi connectivity index (χ4n) is 1.47. The lowest BCUT2D eigenvalue weighted by atomic mass is 9.80. The highest BCUT2D eigenvalue weighted by Crippen LogP contribution is 2.27. The van der Waals surface area contributed by atoms with Crippen LogP contribution in [0.1, 0.15) is 32.3 Å². The van der Waals surface area contributed by atoms with Crippen molar-refractivity contribution in [1.82, 2.24) is 0 Å². The molecule has 0 bridgehead atoms. The second kappa shape index (κ2) is 4.27. The van der Waals surface area contributed by atoms with Crippen molar-refractivity contribution >= 4 is 5.91 Å². The van der Waals surface area contributed by atoms with Crippen LogP contribution in [-0.4, -0.2) is 5.91 Å². The van der Waals surface area contributed by atoms with Crippen LogP contribution in [0.25, 0.3) is 0 Å². The number of hydrogen-bond acceptors (Lipinski definition) is 1. The lowest BCUT2D eigenvalue weighted by Crippen LogP contribution is -2.21. The second-order valence-electron chi connectivity index (χ2n) is 4.22. The molecule has 2 nitrogen and oxygen atoms in total. The maximum atomic E-state index is 10.7. The minimum absolute atomic E-state index is 0.0241. The van der Waals surface area contributed by atoms with E-state index in [9.17, 15) is 4.79 Å². The van der Waals surface area contributed by atoms with Crippen LogP contribution in [0.4, 0.5) is 0 Å². The van der Waals surface area contributed by atoms with Gasteiger partial charge in [0.25, 0.3) is 0 Å². The summed E-state index contributed by atoms with van der Waals surface area (Å²) >= 11 is 0. The summed E-state index contributed by atoms with van der Waals surface area (Å²) in [4.78, 5) is 10.7. The van der Waals surface area contributed by atoms with Crippen molar-refractivity contribution in [3.05, 3.63) is 35.9 Å². The smallest absolute Gasteiger partial charge is 0.217 e. The lowest BCUT2D eigenvalue weighted by molar-refractivity contribution is -0.118. The highest BCUT2D eigenvalue weighted by Gasteiger charge is 2.20. The third-order valence-corrected chi connectivity index (χ3v) is 2.55. The standard InChI is InChI=1S/C12H17NO/c1-12(2,9-8-11(13)14)10-6-4-3-5-7-10/h3-7H,8-9H2,1-2H3,(H2,13,14). The molecule has 1 aromatic rings. The monoisotopic (exact) mass is 191 g/mol. The fourth-order valence-corrected chi connectivity index (χ4v) is 1.47. The summed E-state index contributed by atoms with van der Waals surface area (Å²) < 4.78 is 0. The molecule has 2 heteroatoms. The Labute approximate surface area is 85.1 Å². The highest BCUT2D eigenvalue weighted by atomic mass is 16.1. The second-order valence-corrected chi connectivity index (χ2v) is 4.22. The van der Waals surface area contributed by atoms with Gasteiger partial charge in [-0.2, -0.15) is 0 Å². The quantitative estimate of drug-likeness (QED) is 0.779. The molecule has 1 rings (SSSR count). The van der Waals surface area contributed by atoms with Crippen LogP contribution in [0.5, 0.6) is 0 Å². The van der Waals surface area contributed by atoms with Crippen molar-refractivity contribution in [2.24, 2.45) is 5.73 Å². The number of amides is 1. The molecule has 0 radical (unpaired) electrons. The summed E-state index contributed by atoms with van der Waals surface area (Å²) in [5.41, 5.74) is 6.41. The van der Waals surface area contributed by atoms with Gasteiger partial charge in [-0.3, -0.25) is 4.79 Å². The minimum Gasteiger partial charge on any atom is -0.370 e. The maximum absolute atomic E-state index is 10.7. The molecule has 0 aliphatic rings. The van der Waals surface area contributed by atoms with Crippen LogP contribution in [0, 0.1) is 0 Å². The van der Waals surface area contributed by atoms with Gasteiger partial charge < -0.3 is 5.73 Å². The SMILES string of the molecule is CC(C)(CCC(N)=O)c1ccccc1. The molecule has 0 aromatic heterocycles. The molecular weight excluding hydrogens is 174 g/mol. The Bertz CT molecular complexity index is 303. The van der Waals surface area contributed by atoms with E-state index in [-0.39, 0.29) is 11.3 Å². The number of carbonyl (C=O) groups is 1. The first-order valence-electron chi connectivity index (χ1n) is 4.86. The first-order chi connectivity index (χ1) is 6.52. The van der Waals surface area contributed by atoms with E-state index in [0.717, 1.165) is 6.42 Å². The third kappa shape index (κ3) is 2.87.